The Morgan fingerprint density at radius 2 is 2.00 bits per heavy atom. The van der Waals surface area contributed by atoms with E-state index in [1.165, 1.54) is 25.7 Å². The van der Waals surface area contributed by atoms with Crippen LogP contribution in [0.3, 0.4) is 0 Å². The maximum atomic E-state index is 8.57. The maximum Gasteiger partial charge on any atom is 0.0621 e. The Bertz CT molecular complexity index is 206. The van der Waals surface area contributed by atoms with Gasteiger partial charge in [0.05, 0.1) is 6.07 Å². The van der Waals surface area contributed by atoms with Crippen LogP contribution >= 0.6 is 0 Å². The molecule has 0 spiro atoms. The summed E-state index contributed by atoms with van der Waals surface area (Å²) in [4.78, 5) is 0. The first-order chi connectivity index (χ1) is 6.54. The summed E-state index contributed by atoms with van der Waals surface area (Å²) in [6.07, 6.45) is 7.36. The van der Waals surface area contributed by atoms with Crippen LogP contribution in [0.4, 0.5) is 0 Å². The summed E-state index contributed by atoms with van der Waals surface area (Å²) in [5.41, 5.74) is 0.464. The van der Waals surface area contributed by atoms with Gasteiger partial charge in [0.2, 0.25) is 0 Å². The van der Waals surface area contributed by atoms with Gasteiger partial charge in [0.1, 0.15) is 0 Å². The van der Waals surface area contributed by atoms with Crippen molar-refractivity contribution in [1.29, 1.82) is 5.26 Å². The Labute approximate surface area is 88.5 Å². The molecule has 1 nitrogen and oxygen atoms in total. The fraction of sp³-hybridized carbons (Fsp3) is 0.923. The highest BCUT2D eigenvalue weighted by Gasteiger charge is 2.30. The van der Waals surface area contributed by atoms with Crippen LogP contribution in [-0.4, -0.2) is 0 Å². The van der Waals surface area contributed by atoms with Gasteiger partial charge in [0.15, 0.2) is 0 Å². The van der Waals surface area contributed by atoms with Gasteiger partial charge in [-0.3, -0.25) is 0 Å². The van der Waals surface area contributed by atoms with Gasteiger partial charge in [0, 0.05) is 6.42 Å². The molecular formula is C13H23N. The molecule has 0 amide bonds. The minimum Gasteiger partial charge on any atom is -0.198 e. The molecule has 0 heterocycles. The largest absolute Gasteiger partial charge is 0.198 e. The second-order valence-corrected chi connectivity index (χ2v) is 5.79. The minimum atomic E-state index is 0.464. The number of hydrogen-bond acceptors (Lipinski definition) is 1. The lowest BCUT2D eigenvalue weighted by molar-refractivity contribution is 0.138. The third kappa shape index (κ3) is 3.33. The van der Waals surface area contributed by atoms with E-state index in [-0.39, 0.29) is 0 Å². The zero-order valence-electron chi connectivity index (χ0n) is 9.84. The van der Waals surface area contributed by atoms with E-state index in [1.54, 1.807) is 0 Å². The quantitative estimate of drug-likeness (QED) is 0.646. The van der Waals surface area contributed by atoms with E-state index in [1.807, 2.05) is 0 Å². The summed E-state index contributed by atoms with van der Waals surface area (Å²) < 4.78 is 0. The Kier molecular flexibility index (Phi) is 3.98. The third-order valence-electron chi connectivity index (χ3n) is 3.67. The molecule has 14 heavy (non-hydrogen) atoms. The highest BCUT2D eigenvalue weighted by atomic mass is 14.4. The molecule has 0 unspecified atom stereocenters. The van der Waals surface area contributed by atoms with Gasteiger partial charge in [-0.25, -0.2) is 0 Å². The van der Waals surface area contributed by atoms with Crippen molar-refractivity contribution in [1.82, 2.24) is 0 Å². The minimum absolute atomic E-state index is 0.464. The average molecular weight is 193 g/mol. The highest BCUT2D eigenvalue weighted by Crippen LogP contribution is 2.41. The van der Waals surface area contributed by atoms with E-state index in [0.717, 1.165) is 24.7 Å². The molecule has 0 aromatic rings. The van der Waals surface area contributed by atoms with E-state index < -0.39 is 0 Å². The van der Waals surface area contributed by atoms with Gasteiger partial charge >= 0.3 is 0 Å². The Hall–Kier alpha value is -0.510. The van der Waals surface area contributed by atoms with Crippen LogP contribution in [-0.2, 0) is 0 Å². The van der Waals surface area contributed by atoms with Gasteiger partial charge < -0.3 is 0 Å². The number of rotatable bonds is 2. The van der Waals surface area contributed by atoms with Crippen molar-refractivity contribution in [2.75, 3.05) is 0 Å². The first-order valence-corrected chi connectivity index (χ1v) is 5.91. The van der Waals surface area contributed by atoms with Gasteiger partial charge in [-0.2, -0.15) is 5.26 Å². The van der Waals surface area contributed by atoms with Crippen LogP contribution in [0.5, 0.6) is 0 Å². The molecule has 0 aliphatic heterocycles. The molecule has 0 N–H and O–H groups in total. The molecule has 80 valence electrons. The molecule has 0 aromatic carbocycles. The molecule has 1 aliphatic carbocycles. The first-order valence-electron chi connectivity index (χ1n) is 5.91. The van der Waals surface area contributed by atoms with Crippen LogP contribution in [0.2, 0.25) is 0 Å². The van der Waals surface area contributed by atoms with Crippen molar-refractivity contribution in [2.45, 2.75) is 59.3 Å². The summed E-state index contributed by atoms with van der Waals surface area (Å²) in [5.74, 6) is 1.70. The summed E-state index contributed by atoms with van der Waals surface area (Å²) in [6.45, 7) is 7.05. The molecule has 0 saturated heterocycles. The lowest BCUT2D eigenvalue weighted by Crippen LogP contribution is -2.26. The standard InChI is InChI=1S/C13H23N/c1-13(2,3)12-8-4-6-11(10-12)7-5-9-14/h11-12H,4-8,10H2,1-3H3/t11-,12-/m0/s1. The molecule has 2 atom stereocenters. The summed E-state index contributed by atoms with van der Waals surface area (Å²) in [6, 6.07) is 2.27. The molecule has 0 radical (unpaired) electrons. The molecular weight excluding hydrogens is 170 g/mol. The van der Waals surface area contributed by atoms with E-state index >= 15 is 0 Å². The van der Waals surface area contributed by atoms with Crippen molar-refractivity contribution in [3.05, 3.63) is 0 Å². The fourth-order valence-corrected chi connectivity index (χ4v) is 2.61. The topological polar surface area (TPSA) is 23.8 Å². The average Bonchev–Trinajstić information content (AvgIpc) is 2.14. The molecule has 1 rings (SSSR count). The lowest BCUT2D eigenvalue weighted by atomic mass is 9.68. The number of hydrogen-bond donors (Lipinski definition) is 0. The monoisotopic (exact) mass is 193 g/mol. The van der Waals surface area contributed by atoms with Crippen molar-refractivity contribution >= 4 is 0 Å². The van der Waals surface area contributed by atoms with Gasteiger partial charge in [-0.1, -0.05) is 33.6 Å². The second kappa shape index (κ2) is 4.82. The second-order valence-electron chi connectivity index (χ2n) is 5.79. The van der Waals surface area contributed by atoms with Crippen LogP contribution in [0, 0.1) is 28.6 Å². The van der Waals surface area contributed by atoms with E-state index in [0.29, 0.717) is 5.41 Å². The van der Waals surface area contributed by atoms with Crippen LogP contribution in [0.15, 0.2) is 0 Å². The zero-order chi connectivity index (χ0) is 10.6. The molecule has 0 bridgehead atoms. The Morgan fingerprint density at radius 1 is 1.29 bits per heavy atom. The Balaban J connectivity index is 2.40. The van der Waals surface area contributed by atoms with Crippen molar-refractivity contribution in [3.63, 3.8) is 0 Å². The zero-order valence-corrected chi connectivity index (χ0v) is 9.84. The first kappa shape index (κ1) is 11.6. The Morgan fingerprint density at radius 3 is 2.57 bits per heavy atom. The third-order valence-corrected chi connectivity index (χ3v) is 3.67. The van der Waals surface area contributed by atoms with Crippen LogP contribution in [0.1, 0.15) is 59.3 Å². The van der Waals surface area contributed by atoms with Gasteiger partial charge in [0.25, 0.3) is 0 Å². The van der Waals surface area contributed by atoms with Crippen LogP contribution in [0.25, 0.3) is 0 Å². The molecule has 1 saturated carbocycles. The summed E-state index contributed by atoms with van der Waals surface area (Å²) in [7, 11) is 0. The molecule has 1 heteroatoms. The van der Waals surface area contributed by atoms with Crippen molar-refractivity contribution in [2.24, 2.45) is 17.3 Å². The maximum absolute atomic E-state index is 8.57. The van der Waals surface area contributed by atoms with Crippen molar-refractivity contribution in [3.8, 4) is 6.07 Å². The van der Waals surface area contributed by atoms with E-state index in [2.05, 4.69) is 26.8 Å². The van der Waals surface area contributed by atoms with Crippen LogP contribution < -0.4 is 0 Å². The van der Waals surface area contributed by atoms with E-state index in [4.69, 9.17) is 5.26 Å². The van der Waals surface area contributed by atoms with Crippen molar-refractivity contribution < 1.29 is 0 Å². The molecule has 1 aliphatic rings. The summed E-state index contributed by atoms with van der Waals surface area (Å²) >= 11 is 0. The normalized spacial score (nSPS) is 28.4. The fourth-order valence-electron chi connectivity index (χ4n) is 2.61. The van der Waals surface area contributed by atoms with Gasteiger partial charge in [-0.05, 0) is 36.5 Å². The van der Waals surface area contributed by atoms with E-state index in [9.17, 15) is 0 Å². The summed E-state index contributed by atoms with van der Waals surface area (Å²) in [5, 5.41) is 8.57. The lowest BCUT2D eigenvalue weighted by Gasteiger charge is -2.37. The van der Waals surface area contributed by atoms with Gasteiger partial charge in [-0.15, -0.1) is 0 Å². The SMILES string of the molecule is CC(C)(C)[C@H]1CCC[C@@H](CCC#N)C1. The smallest absolute Gasteiger partial charge is 0.0621 e. The predicted molar refractivity (Wildman–Crippen MR) is 59.8 cm³/mol. The predicted octanol–water partition coefficient (Wildman–Crippen LogP) is 4.14. The number of nitrogens with zero attached hydrogens (tertiary/aromatic N) is 1. The highest BCUT2D eigenvalue weighted by molar-refractivity contribution is 4.82. The molecule has 0 aromatic heterocycles. The number of nitriles is 1. The molecule has 1 fully saturated rings.